The summed E-state index contributed by atoms with van der Waals surface area (Å²) in [4.78, 5) is 46.1. The quantitative estimate of drug-likeness (QED) is 0.399. The number of carbonyl (C=O) groups excluding carboxylic acids is 2. The van der Waals surface area contributed by atoms with Gasteiger partial charge < -0.3 is 15.3 Å². The first-order chi connectivity index (χ1) is 6.70. The van der Waals surface area contributed by atoms with E-state index in [2.05, 4.69) is 0 Å². The monoisotopic (exact) mass is 222 g/mol. The van der Waals surface area contributed by atoms with Crippen molar-refractivity contribution in [2.75, 3.05) is 0 Å². The van der Waals surface area contributed by atoms with Crippen molar-refractivity contribution in [1.82, 2.24) is 0 Å². The molecule has 0 spiro atoms. The van der Waals surface area contributed by atoms with E-state index in [-0.39, 0.29) is 6.47 Å². The van der Waals surface area contributed by atoms with Gasteiger partial charge >= 0.3 is 11.9 Å². The van der Waals surface area contributed by atoms with Crippen molar-refractivity contribution in [1.29, 1.82) is 0 Å². The molecule has 0 aliphatic carbocycles. The van der Waals surface area contributed by atoms with Crippen molar-refractivity contribution in [3.05, 3.63) is 0 Å². The van der Waals surface area contributed by atoms with Crippen molar-refractivity contribution in [2.24, 2.45) is 0 Å². The zero-order chi connectivity index (χ0) is 13.0. The Morgan fingerprint density at radius 2 is 0.933 bits per heavy atom. The van der Waals surface area contributed by atoms with E-state index < -0.39 is 23.5 Å². The molecule has 8 heteroatoms. The van der Waals surface area contributed by atoms with Crippen LogP contribution in [0.4, 0.5) is 0 Å². The van der Waals surface area contributed by atoms with Gasteiger partial charge in [-0.25, -0.2) is 9.59 Å². The minimum Gasteiger partial charge on any atom is -0.483 e. The summed E-state index contributed by atoms with van der Waals surface area (Å²) in [6.07, 6.45) is 0. The van der Waals surface area contributed by atoms with Crippen LogP contribution in [0.3, 0.4) is 0 Å². The van der Waals surface area contributed by atoms with Gasteiger partial charge in [-0.3, -0.25) is 14.4 Å². The SMILES string of the molecule is CC(=O)C(=O)O.CC(=O)C(=O)O.O=CO. The summed E-state index contributed by atoms with van der Waals surface area (Å²) in [6, 6.07) is 0. The van der Waals surface area contributed by atoms with Crippen LogP contribution in [0.25, 0.3) is 0 Å². The molecule has 86 valence electrons. The number of carbonyl (C=O) groups is 5. The fourth-order valence-electron chi connectivity index (χ4n) is 0. The van der Waals surface area contributed by atoms with Gasteiger partial charge in [0.05, 0.1) is 0 Å². The van der Waals surface area contributed by atoms with Gasteiger partial charge in [0.15, 0.2) is 0 Å². The molecule has 0 aromatic carbocycles. The van der Waals surface area contributed by atoms with Crippen LogP contribution in [0.1, 0.15) is 13.8 Å². The highest BCUT2D eigenvalue weighted by Crippen LogP contribution is 1.62. The molecule has 3 N–H and O–H groups in total. The Morgan fingerprint density at radius 1 is 0.867 bits per heavy atom. The molecule has 0 saturated carbocycles. The largest absolute Gasteiger partial charge is 0.483 e. The van der Waals surface area contributed by atoms with Crippen LogP contribution in [0.5, 0.6) is 0 Å². The summed E-state index contributed by atoms with van der Waals surface area (Å²) >= 11 is 0. The normalized spacial score (nSPS) is 6.80. The molecule has 0 aromatic rings. The Hall–Kier alpha value is -2.25. The summed E-state index contributed by atoms with van der Waals surface area (Å²) < 4.78 is 0. The fourth-order valence-corrected chi connectivity index (χ4v) is 0. The van der Waals surface area contributed by atoms with E-state index in [1.165, 1.54) is 0 Å². The molecule has 0 aliphatic rings. The first kappa shape index (κ1) is 18.5. The summed E-state index contributed by atoms with van der Waals surface area (Å²) in [5, 5.41) is 22.2. The van der Waals surface area contributed by atoms with E-state index in [1.807, 2.05) is 0 Å². The average molecular weight is 222 g/mol. The molecule has 0 fully saturated rings. The van der Waals surface area contributed by atoms with Gasteiger partial charge in [0.1, 0.15) is 0 Å². The third kappa shape index (κ3) is 33.8. The van der Waals surface area contributed by atoms with Crippen molar-refractivity contribution in [3.8, 4) is 0 Å². The third-order valence-electron chi connectivity index (χ3n) is 0.602. The topological polar surface area (TPSA) is 146 Å². The highest BCUT2D eigenvalue weighted by Gasteiger charge is 1.99. The molecule has 0 rings (SSSR count). The van der Waals surface area contributed by atoms with E-state index in [0.29, 0.717) is 0 Å². The summed E-state index contributed by atoms with van der Waals surface area (Å²) in [7, 11) is 0. The third-order valence-corrected chi connectivity index (χ3v) is 0.602. The number of aliphatic carboxylic acids is 2. The average Bonchev–Trinajstić information content (AvgIpc) is 2.06. The van der Waals surface area contributed by atoms with Gasteiger partial charge in [-0.05, 0) is 0 Å². The number of carboxylic acid groups (broad SMARTS) is 3. The number of Topliss-reactive ketones (excluding diaryl/α,β-unsaturated/α-hetero) is 2. The van der Waals surface area contributed by atoms with Crippen LogP contribution < -0.4 is 0 Å². The number of ketones is 2. The highest BCUT2D eigenvalue weighted by atomic mass is 16.4. The van der Waals surface area contributed by atoms with E-state index in [0.717, 1.165) is 13.8 Å². The highest BCUT2D eigenvalue weighted by molar-refractivity contribution is 6.31. The smallest absolute Gasteiger partial charge is 0.371 e. The zero-order valence-electron chi connectivity index (χ0n) is 7.96. The predicted molar refractivity (Wildman–Crippen MR) is 45.3 cm³/mol. The molecule has 0 aliphatic heterocycles. The number of rotatable bonds is 2. The molecule has 0 heterocycles. The molecule has 0 saturated heterocycles. The van der Waals surface area contributed by atoms with Crippen molar-refractivity contribution in [2.45, 2.75) is 13.8 Å². The molecule has 0 amide bonds. The maximum Gasteiger partial charge on any atom is 0.371 e. The molecule has 0 bridgehead atoms. The molecule has 0 radical (unpaired) electrons. The minimum absolute atomic E-state index is 0.250. The first-order valence-electron chi connectivity index (χ1n) is 3.26. The second-order valence-electron chi connectivity index (χ2n) is 1.83. The lowest BCUT2D eigenvalue weighted by Gasteiger charge is -1.73. The van der Waals surface area contributed by atoms with Crippen molar-refractivity contribution < 1.29 is 39.3 Å². The zero-order valence-corrected chi connectivity index (χ0v) is 7.96. The molecular formula is C7H10O8. The number of carboxylic acids is 2. The molecule has 0 unspecified atom stereocenters. The van der Waals surface area contributed by atoms with Crippen LogP contribution in [0.15, 0.2) is 0 Å². The van der Waals surface area contributed by atoms with Crippen LogP contribution in [-0.4, -0.2) is 45.3 Å². The van der Waals surface area contributed by atoms with Crippen molar-refractivity contribution >= 4 is 30.0 Å². The molecule has 8 nitrogen and oxygen atoms in total. The Kier molecular flexibility index (Phi) is 14.5. The molecule has 0 aromatic heterocycles. The van der Waals surface area contributed by atoms with Crippen LogP contribution in [0.2, 0.25) is 0 Å². The lowest BCUT2D eigenvalue weighted by molar-refractivity contribution is -0.148. The Balaban J connectivity index is -0.000000153. The maximum atomic E-state index is 9.54. The predicted octanol–water partition coefficient (Wildman–Crippen LogP) is -0.979. The lowest BCUT2D eigenvalue weighted by atomic mass is 10.5. The van der Waals surface area contributed by atoms with Gasteiger partial charge in [0.2, 0.25) is 11.6 Å². The van der Waals surface area contributed by atoms with E-state index in [1.54, 1.807) is 0 Å². The van der Waals surface area contributed by atoms with Gasteiger partial charge in [0, 0.05) is 13.8 Å². The fraction of sp³-hybridized carbons (Fsp3) is 0.286. The van der Waals surface area contributed by atoms with E-state index in [4.69, 9.17) is 20.1 Å². The van der Waals surface area contributed by atoms with Gasteiger partial charge in [-0.15, -0.1) is 0 Å². The lowest BCUT2D eigenvalue weighted by Crippen LogP contribution is -2.05. The maximum absolute atomic E-state index is 9.54. The number of hydrogen-bond acceptors (Lipinski definition) is 5. The molecular weight excluding hydrogens is 212 g/mol. The van der Waals surface area contributed by atoms with Crippen LogP contribution in [-0.2, 0) is 24.0 Å². The molecule has 0 atom stereocenters. The second-order valence-corrected chi connectivity index (χ2v) is 1.83. The Morgan fingerprint density at radius 3 is 0.933 bits per heavy atom. The van der Waals surface area contributed by atoms with Gasteiger partial charge in [-0.2, -0.15) is 0 Å². The van der Waals surface area contributed by atoms with Gasteiger partial charge in [0.25, 0.3) is 6.47 Å². The number of hydrogen-bond donors (Lipinski definition) is 3. The standard InChI is InChI=1S/2C3H4O3.CH2O2/c2*1-2(4)3(5)6;2-1-3/h2*1H3,(H,5,6);1H,(H,2,3). The minimum atomic E-state index is -1.38. The second kappa shape index (κ2) is 11.8. The van der Waals surface area contributed by atoms with E-state index >= 15 is 0 Å². The first-order valence-corrected chi connectivity index (χ1v) is 3.26. The van der Waals surface area contributed by atoms with Crippen LogP contribution >= 0.6 is 0 Å². The Bertz CT molecular complexity index is 206. The molecule has 15 heavy (non-hydrogen) atoms. The summed E-state index contributed by atoms with van der Waals surface area (Å²) in [5.74, 6) is -4.41. The summed E-state index contributed by atoms with van der Waals surface area (Å²) in [6.45, 7) is 1.75. The van der Waals surface area contributed by atoms with Crippen molar-refractivity contribution in [3.63, 3.8) is 0 Å². The van der Waals surface area contributed by atoms with E-state index in [9.17, 15) is 19.2 Å². The Labute approximate surface area is 84.1 Å². The summed E-state index contributed by atoms with van der Waals surface area (Å²) in [5.41, 5.74) is 0. The van der Waals surface area contributed by atoms with Gasteiger partial charge in [-0.1, -0.05) is 0 Å². The van der Waals surface area contributed by atoms with Crippen LogP contribution in [0, 0.1) is 0 Å².